The number of ether oxygens (including phenoxy) is 1. The lowest BCUT2D eigenvalue weighted by Gasteiger charge is -2.30. The fourth-order valence-corrected chi connectivity index (χ4v) is 3.50. The molecule has 1 aliphatic rings. The Hall–Kier alpha value is -2.15. The van der Waals surface area contributed by atoms with Crippen molar-refractivity contribution < 1.29 is 9.53 Å². The molecule has 0 spiro atoms. The molecule has 0 atom stereocenters. The van der Waals surface area contributed by atoms with Gasteiger partial charge in [0.15, 0.2) is 0 Å². The Bertz CT molecular complexity index is 829. The maximum Gasteiger partial charge on any atom is 0.407 e. The third-order valence-corrected chi connectivity index (χ3v) is 4.68. The summed E-state index contributed by atoms with van der Waals surface area (Å²) in [7, 11) is 0. The Balaban J connectivity index is 1.55. The van der Waals surface area contributed by atoms with Crippen LogP contribution in [0.2, 0.25) is 5.15 Å². The average Bonchev–Trinajstić information content (AvgIpc) is 2.55. The summed E-state index contributed by atoms with van der Waals surface area (Å²) >= 11 is 5.98. The van der Waals surface area contributed by atoms with E-state index in [9.17, 15) is 4.79 Å². The van der Waals surface area contributed by atoms with Crippen molar-refractivity contribution in [2.75, 3.05) is 5.32 Å². The van der Waals surface area contributed by atoms with E-state index in [1.807, 2.05) is 27.7 Å². The number of rotatable bonds is 3. The maximum atomic E-state index is 11.9. The number of halogens is 1. The predicted molar refractivity (Wildman–Crippen MR) is 106 cm³/mol. The smallest absolute Gasteiger partial charge is 0.407 e. The van der Waals surface area contributed by atoms with Crippen LogP contribution >= 0.6 is 11.6 Å². The monoisotopic (exact) mass is 391 g/mol. The van der Waals surface area contributed by atoms with Crippen molar-refractivity contribution in [3.8, 4) is 0 Å². The van der Waals surface area contributed by atoms with Gasteiger partial charge in [0.1, 0.15) is 16.3 Å². The number of hydrogen-bond donors (Lipinski definition) is 2. The van der Waals surface area contributed by atoms with E-state index in [-0.39, 0.29) is 18.2 Å². The molecule has 27 heavy (non-hydrogen) atoms. The zero-order valence-corrected chi connectivity index (χ0v) is 16.9. The van der Waals surface area contributed by atoms with Crippen LogP contribution in [0.25, 0.3) is 11.0 Å². The number of amides is 1. The maximum absolute atomic E-state index is 11.9. The lowest BCUT2D eigenvalue weighted by atomic mass is 9.91. The highest BCUT2D eigenvalue weighted by atomic mass is 35.5. The van der Waals surface area contributed by atoms with Crippen molar-refractivity contribution in [3.05, 3.63) is 23.0 Å². The van der Waals surface area contributed by atoms with Gasteiger partial charge in [-0.2, -0.15) is 0 Å². The quantitative estimate of drug-likeness (QED) is 0.761. The molecule has 3 rings (SSSR count). The van der Waals surface area contributed by atoms with E-state index in [4.69, 9.17) is 16.3 Å². The summed E-state index contributed by atoms with van der Waals surface area (Å²) in [6.07, 6.45) is 4.98. The Morgan fingerprint density at radius 2 is 1.85 bits per heavy atom. The molecule has 0 unspecified atom stereocenters. The minimum atomic E-state index is -0.479. The van der Waals surface area contributed by atoms with Crippen LogP contribution in [0, 0.1) is 6.92 Å². The van der Waals surface area contributed by atoms with Crippen molar-refractivity contribution in [2.24, 2.45) is 0 Å². The number of nitrogens with zero attached hydrogens (tertiary/aromatic N) is 3. The number of nitrogens with one attached hydrogen (secondary N) is 2. The highest BCUT2D eigenvalue weighted by molar-refractivity contribution is 6.29. The molecule has 2 N–H and O–H groups in total. The molecule has 0 radical (unpaired) electrons. The van der Waals surface area contributed by atoms with Gasteiger partial charge in [-0.1, -0.05) is 11.6 Å². The van der Waals surface area contributed by atoms with E-state index in [0.29, 0.717) is 16.6 Å². The minimum Gasteiger partial charge on any atom is -0.444 e. The van der Waals surface area contributed by atoms with Gasteiger partial charge in [-0.15, -0.1) is 0 Å². The normalized spacial score (nSPS) is 20.3. The summed E-state index contributed by atoms with van der Waals surface area (Å²) in [6, 6.07) is 2.22. The summed E-state index contributed by atoms with van der Waals surface area (Å²) in [5.74, 6) is 0.596. The van der Waals surface area contributed by atoms with Gasteiger partial charge in [-0.25, -0.2) is 19.7 Å². The Morgan fingerprint density at radius 3 is 2.52 bits per heavy atom. The van der Waals surface area contributed by atoms with E-state index in [1.54, 1.807) is 12.3 Å². The van der Waals surface area contributed by atoms with Crippen molar-refractivity contribution >= 4 is 34.7 Å². The molecule has 8 heteroatoms. The van der Waals surface area contributed by atoms with Crippen LogP contribution in [0.1, 0.15) is 52.0 Å². The van der Waals surface area contributed by atoms with Crippen LogP contribution in [0.5, 0.6) is 0 Å². The molecule has 0 aliphatic heterocycles. The summed E-state index contributed by atoms with van der Waals surface area (Å²) in [5, 5.41) is 6.80. The zero-order valence-electron chi connectivity index (χ0n) is 16.2. The van der Waals surface area contributed by atoms with Crippen LogP contribution < -0.4 is 10.6 Å². The van der Waals surface area contributed by atoms with Crippen LogP contribution in [0.4, 0.5) is 10.7 Å². The van der Waals surface area contributed by atoms with E-state index >= 15 is 0 Å². The van der Waals surface area contributed by atoms with Crippen LogP contribution in [0.15, 0.2) is 12.3 Å². The fraction of sp³-hybridized carbons (Fsp3) is 0.579. The van der Waals surface area contributed by atoms with Gasteiger partial charge in [0, 0.05) is 12.1 Å². The zero-order chi connectivity index (χ0) is 19.6. The molecule has 7 nitrogen and oxygen atoms in total. The molecular weight excluding hydrogens is 366 g/mol. The van der Waals surface area contributed by atoms with Crippen molar-refractivity contribution in [3.63, 3.8) is 0 Å². The van der Waals surface area contributed by atoms with E-state index < -0.39 is 5.60 Å². The van der Waals surface area contributed by atoms with Crippen molar-refractivity contribution in [2.45, 2.75) is 71.1 Å². The molecular formula is C19H26ClN5O2. The van der Waals surface area contributed by atoms with Crippen LogP contribution in [-0.2, 0) is 4.74 Å². The lowest BCUT2D eigenvalue weighted by molar-refractivity contribution is 0.0492. The first kappa shape index (κ1) is 19.6. The third-order valence-electron chi connectivity index (χ3n) is 4.49. The summed E-state index contributed by atoms with van der Waals surface area (Å²) in [5.41, 5.74) is 1.99. The molecule has 1 aliphatic carbocycles. The lowest BCUT2D eigenvalue weighted by Crippen LogP contribution is -2.42. The van der Waals surface area contributed by atoms with Gasteiger partial charge in [0.25, 0.3) is 0 Å². The number of aromatic nitrogens is 3. The number of pyridine rings is 1. The predicted octanol–water partition coefficient (Wildman–Crippen LogP) is 4.23. The minimum absolute atomic E-state index is 0.143. The highest BCUT2D eigenvalue weighted by Gasteiger charge is 2.25. The molecule has 146 valence electrons. The molecule has 0 saturated heterocycles. The molecule has 2 heterocycles. The van der Waals surface area contributed by atoms with Gasteiger partial charge < -0.3 is 15.4 Å². The number of hydrogen-bond acceptors (Lipinski definition) is 6. The van der Waals surface area contributed by atoms with Gasteiger partial charge in [0.2, 0.25) is 5.95 Å². The van der Waals surface area contributed by atoms with Gasteiger partial charge in [0.05, 0.1) is 11.7 Å². The number of anilines is 1. The molecule has 0 bridgehead atoms. The largest absolute Gasteiger partial charge is 0.444 e. The van der Waals surface area contributed by atoms with E-state index in [0.717, 1.165) is 36.8 Å². The molecule has 1 fully saturated rings. The fourth-order valence-electron chi connectivity index (χ4n) is 3.25. The molecule has 1 amide bonds. The second-order valence-corrected chi connectivity index (χ2v) is 8.42. The van der Waals surface area contributed by atoms with E-state index in [1.165, 1.54) is 0 Å². The van der Waals surface area contributed by atoms with Gasteiger partial charge in [-0.05, 0) is 65.0 Å². The summed E-state index contributed by atoms with van der Waals surface area (Å²) < 4.78 is 5.32. The number of alkyl carbamates (subject to hydrolysis) is 1. The van der Waals surface area contributed by atoms with Gasteiger partial charge >= 0.3 is 6.09 Å². The number of carbonyl (C=O) groups is 1. The van der Waals surface area contributed by atoms with E-state index in [2.05, 4.69) is 25.6 Å². The first-order valence-corrected chi connectivity index (χ1v) is 9.63. The molecule has 1 saturated carbocycles. The van der Waals surface area contributed by atoms with Crippen LogP contribution in [-0.4, -0.2) is 38.7 Å². The number of fused-ring (bicyclic) bond motifs is 1. The molecule has 2 aromatic heterocycles. The number of carbonyl (C=O) groups excluding carboxylic acids is 1. The summed E-state index contributed by atoms with van der Waals surface area (Å²) in [4.78, 5) is 25.1. The second-order valence-electron chi connectivity index (χ2n) is 8.03. The third kappa shape index (κ3) is 5.42. The van der Waals surface area contributed by atoms with Crippen molar-refractivity contribution in [1.29, 1.82) is 0 Å². The standard InChI is InChI=1S/C19H26ClN5O2/c1-11-9-15(20)24-14-10-21-17(25-16(11)14)22-12-5-7-13(8-6-12)23-18(26)27-19(2,3)4/h9-10,12-13H,5-8H2,1-4H3,(H,23,26)(H,21,22,25)/t12-,13-. The number of aryl methyl sites for hydroxylation is 1. The Kier molecular flexibility index (Phi) is 5.69. The van der Waals surface area contributed by atoms with Crippen LogP contribution in [0.3, 0.4) is 0 Å². The second kappa shape index (κ2) is 7.84. The first-order chi connectivity index (χ1) is 12.7. The Labute approximate surface area is 164 Å². The summed E-state index contributed by atoms with van der Waals surface area (Å²) in [6.45, 7) is 7.55. The Morgan fingerprint density at radius 1 is 1.19 bits per heavy atom. The molecule has 0 aromatic carbocycles. The molecule has 2 aromatic rings. The first-order valence-electron chi connectivity index (χ1n) is 9.25. The SMILES string of the molecule is Cc1cc(Cl)nc2cnc(N[C@H]3CC[C@H](NC(=O)OC(C)(C)C)CC3)nc12. The van der Waals surface area contributed by atoms with Crippen molar-refractivity contribution in [1.82, 2.24) is 20.3 Å². The van der Waals surface area contributed by atoms with Gasteiger partial charge in [-0.3, -0.25) is 0 Å². The highest BCUT2D eigenvalue weighted by Crippen LogP contribution is 2.23. The topological polar surface area (TPSA) is 89.0 Å². The average molecular weight is 392 g/mol.